The third-order valence-corrected chi connectivity index (χ3v) is 5.48. The molecule has 0 saturated carbocycles. The summed E-state index contributed by atoms with van der Waals surface area (Å²) < 4.78 is 13.4. The lowest BCUT2D eigenvalue weighted by Crippen LogP contribution is -2.32. The molecule has 0 aliphatic rings. The standard InChI is InChI=1S/C22H20FN5OS/c23-16-5-3-14(4-6-16)19-20(15-7-9-25-10-8-15)27-22(28-21(19)29)26-13-17(24)12-18-2-1-11-30-18/h1-11,17H,12-13,24H2,(H2,26,27,28,29). The van der Waals surface area contributed by atoms with E-state index in [1.54, 1.807) is 48.0 Å². The van der Waals surface area contributed by atoms with Gasteiger partial charge in [-0.1, -0.05) is 18.2 Å². The zero-order valence-electron chi connectivity index (χ0n) is 16.0. The summed E-state index contributed by atoms with van der Waals surface area (Å²) in [4.78, 5) is 25.6. The topological polar surface area (TPSA) is 96.7 Å². The Bertz CT molecular complexity index is 1160. The lowest BCUT2D eigenvalue weighted by Gasteiger charge is -2.14. The van der Waals surface area contributed by atoms with E-state index in [9.17, 15) is 9.18 Å². The van der Waals surface area contributed by atoms with E-state index < -0.39 is 0 Å². The molecule has 6 nitrogen and oxygen atoms in total. The Kier molecular flexibility index (Phi) is 5.97. The smallest absolute Gasteiger partial charge is 0.260 e. The molecule has 1 atom stereocenters. The van der Waals surface area contributed by atoms with Gasteiger partial charge in [0.2, 0.25) is 5.95 Å². The number of anilines is 1. The first-order valence-electron chi connectivity index (χ1n) is 9.42. The molecule has 0 fully saturated rings. The van der Waals surface area contributed by atoms with Crippen molar-refractivity contribution in [3.8, 4) is 22.4 Å². The van der Waals surface area contributed by atoms with Gasteiger partial charge in [0, 0.05) is 35.4 Å². The zero-order valence-corrected chi connectivity index (χ0v) is 16.8. The molecule has 30 heavy (non-hydrogen) atoms. The zero-order chi connectivity index (χ0) is 20.9. The molecule has 0 amide bonds. The molecule has 3 aromatic heterocycles. The number of benzene rings is 1. The number of hydrogen-bond acceptors (Lipinski definition) is 6. The molecule has 1 unspecified atom stereocenters. The highest BCUT2D eigenvalue weighted by molar-refractivity contribution is 7.09. The largest absolute Gasteiger partial charge is 0.354 e. The van der Waals surface area contributed by atoms with Crippen molar-refractivity contribution in [3.05, 3.63) is 87.4 Å². The van der Waals surface area contributed by atoms with Crippen LogP contribution in [0.1, 0.15) is 4.88 Å². The van der Waals surface area contributed by atoms with Gasteiger partial charge in [0.15, 0.2) is 0 Å². The molecule has 152 valence electrons. The van der Waals surface area contributed by atoms with Crippen molar-refractivity contribution in [3.63, 3.8) is 0 Å². The SMILES string of the molecule is NC(CNc1nc(-c2ccncc2)c(-c2ccc(F)cc2)c(=O)[nH]1)Cc1cccs1. The first-order valence-corrected chi connectivity index (χ1v) is 10.3. The number of nitrogens with one attached hydrogen (secondary N) is 2. The predicted octanol–water partition coefficient (Wildman–Crippen LogP) is 3.68. The van der Waals surface area contributed by atoms with Crippen LogP contribution in [0.3, 0.4) is 0 Å². The molecule has 0 radical (unpaired) electrons. The molecule has 0 saturated heterocycles. The van der Waals surface area contributed by atoms with Gasteiger partial charge >= 0.3 is 0 Å². The van der Waals surface area contributed by atoms with Gasteiger partial charge in [-0.2, -0.15) is 0 Å². The summed E-state index contributed by atoms with van der Waals surface area (Å²) in [7, 11) is 0. The van der Waals surface area contributed by atoms with Crippen LogP contribution in [0.15, 0.2) is 71.1 Å². The summed E-state index contributed by atoms with van der Waals surface area (Å²) in [6.45, 7) is 0.451. The number of pyridine rings is 1. The third kappa shape index (κ3) is 4.61. The van der Waals surface area contributed by atoms with Crippen LogP contribution >= 0.6 is 11.3 Å². The fraction of sp³-hybridized carbons (Fsp3) is 0.136. The van der Waals surface area contributed by atoms with E-state index in [4.69, 9.17) is 5.73 Å². The number of hydrogen-bond donors (Lipinski definition) is 3. The van der Waals surface area contributed by atoms with Crippen LogP contribution in [0.2, 0.25) is 0 Å². The fourth-order valence-electron chi connectivity index (χ4n) is 3.15. The molecule has 4 N–H and O–H groups in total. The molecular formula is C22H20FN5OS. The first kappa shape index (κ1) is 19.9. The number of halogens is 1. The van der Waals surface area contributed by atoms with E-state index in [0.29, 0.717) is 29.3 Å². The molecule has 1 aromatic carbocycles. The van der Waals surface area contributed by atoms with Gasteiger partial charge in [-0.05, 0) is 47.7 Å². The maximum absolute atomic E-state index is 13.4. The van der Waals surface area contributed by atoms with E-state index in [1.807, 2.05) is 17.5 Å². The second-order valence-electron chi connectivity index (χ2n) is 6.81. The van der Waals surface area contributed by atoms with Crippen LogP contribution in [-0.2, 0) is 6.42 Å². The van der Waals surface area contributed by atoms with Gasteiger partial charge in [-0.25, -0.2) is 9.37 Å². The summed E-state index contributed by atoms with van der Waals surface area (Å²) in [5.74, 6) is -0.0362. The Labute approximate surface area is 176 Å². The van der Waals surface area contributed by atoms with Crippen molar-refractivity contribution in [1.82, 2.24) is 15.0 Å². The monoisotopic (exact) mass is 421 g/mol. The highest BCUT2D eigenvalue weighted by atomic mass is 32.1. The van der Waals surface area contributed by atoms with Crippen molar-refractivity contribution >= 4 is 17.3 Å². The number of nitrogens with zero attached hydrogens (tertiary/aromatic N) is 2. The highest BCUT2D eigenvalue weighted by Crippen LogP contribution is 2.28. The average molecular weight is 422 g/mol. The minimum absolute atomic E-state index is 0.130. The molecular weight excluding hydrogens is 401 g/mol. The minimum atomic E-state index is -0.369. The van der Waals surface area contributed by atoms with E-state index in [2.05, 4.69) is 20.3 Å². The molecule has 0 spiro atoms. The van der Waals surface area contributed by atoms with Crippen LogP contribution in [-0.4, -0.2) is 27.5 Å². The Morgan fingerprint density at radius 1 is 1.10 bits per heavy atom. The van der Waals surface area contributed by atoms with Crippen LogP contribution < -0.4 is 16.6 Å². The van der Waals surface area contributed by atoms with Gasteiger partial charge in [-0.3, -0.25) is 14.8 Å². The van der Waals surface area contributed by atoms with Gasteiger partial charge in [0.25, 0.3) is 5.56 Å². The molecule has 3 heterocycles. The Morgan fingerprint density at radius 3 is 2.57 bits per heavy atom. The first-order chi connectivity index (χ1) is 14.6. The quantitative estimate of drug-likeness (QED) is 0.423. The van der Waals surface area contributed by atoms with E-state index >= 15 is 0 Å². The number of rotatable bonds is 7. The summed E-state index contributed by atoms with van der Waals surface area (Å²) in [5, 5.41) is 5.15. The molecule has 0 aliphatic carbocycles. The number of aromatic nitrogens is 3. The Hall–Kier alpha value is -3.36. The second-order valence-corrected chi connectivity index (χ2v) is 7.84. The number of aromatic amines is 1. The van der Waals surface area contributed by atoms with Gasteiger partial charge in [0.05, 0.1) is 11.3 Å². The predicted molar refractivity (Wildman–Crippen MR) is 118 cm³/mol. The fourth-order valence-corrected chi connectivity index (χ4v) is 3.95. The summed E-state index contributed by atoms with van der Waals surface area (Å²) >= 11 is 1.66. The lowest BCUT2D eigenvalue weighted by molar-refractivity contribution is 0.628. The highest BCUT2D eigenvalue weighted by Gasteiger charge is 2.16. The van der Waals surface area contributed by atoms with Crippen molar-refractivity contribution in [1.29, 1.82) is 0 Å². The minimum Gasteiger partial charge on any atom is -0.354 e. The summed E-state index contributed by atoms with van der Waals surface area (Å²) in [6, 6.07) is 13.2. The molecule has 4 rings (SSSR count). The van der Waals surface area contributed by atoms with E-state index in [0.717, 1.165) is 12.0 Å². The molecule has 8 heteroatoms. The van der Waals surface area contributed by atoms with E-state index in [1.165, 1.54) is 17.0 Å². The molecule has 4 aromatic rings. The lowest BCUT2D eigenvalue weighted by atomic mass is 10.0. The van der Waals surface area contributed by atoms with Crippen molar-refractivity contribution in [2.45, 2.75) is 12.5 Å². The summed E-state index contributed by atoms with van der Waals surface area (Å²) in [6.07, 6.45) is 4.01. The number of H-pyrrole nitrogens is 1. The van der Waals surface area contributed by atoms with Crippen LogP contribution in [0.25, 0.3) is 22.4 Å². The number of thiophene rings is 1. The van der Waals surface area contributed by atoms with Crippen LogP contribution in [0.5, 0.6) is 0 Å². The van der Waals surface area contributed by atoms with Gasteiger partial charge in [-0.15, -0.1) is 11.3 Å². The normalized spacial score (nSPS) is 11.9. The third-order valence-electron chi connectivity index (χ3n) is 4.58. The summed E-state index contributed by atoms with van der Waals surface area (Å²) in [5.41, 5.74) is 8.07. The van der Waals surface area contributed by atoms with E-state index in [-0.39, 0.29) is 17.4 Å². The van der Waals surface area contributed by atoms with Crippen LogP contribution in [0.4, 0.5) is 10.3 Å². The molecule has 0 aliphatic heterocycles. The Balaban J connectivity index is 1.65. The second kappa shape index (κ2) is 8.98. The van der Waals surface area contributed by atoms with Crippen molar-refractivity contribution in [2.75, 3.05) is 11.9 Å². The van der Waals surface area contributed by atoms with Crippen molar-refractivity contribution < 1.29 is 4.39 Å². The maximum atomic E-state index is 13.4. The molecule has 0 bridgehead atoms. The number of nitrogens with two attached hydrogens (primary N) is 1. The maximum Gasteiger partial charge on any atom is 0.260 e. The van der Waals surface area contributed by atoms with Crippen LogP contribution in [0, 0.1) is 5.82 Å². The van der Waals surface area contributed by atoms with Gasteiger partial charge < -0.3 is 11.1 Å². The Morgan fingerprint density at radius 2 is 1.87 bits per heavy atom. The van der Waals surface area contributed by atoms with Crippen molar-refractivity contribution in [2.24, 2.45) is 5.73 Å². The van der Waals surface area contributed by atoms with Gasteiger partial charge in [0.1, 0.15) is 5.82 Å². The average Bonchev–Trinajstić information content (AvgIpc) is 3.26.